The Balaban J connectivity index is 1.79. The third-order valence-electron chi connectivity index (χ3n) is 10.3. The highest BCUT2D eigenvalue weighted by molar-refractivity contribution is 14.1. The molecule has 51 heavy (non-hydrogen) atoms. The summed E-state index contributed by atoms with van der Waals surface area (Å²) in [5, 5.41) is 11.0. The molecule has 0 aliphatic carbocycles. The zero-order valence-electron chi connectivity index (χ0n) is 32.1. The fraction of sp³-hybridized carbons (Fsp3) is 0.854. The molecule has 0 saturated carbocycles. The van der Waals surface area contributed by atoms with Crippen molar-refractivity contribution in [2.45, 2.75) is 225 Å². The quantitative estimate of drug-likeness (QED) is 0.0420. The maximum atomic E-state index is 13.5. The van der Waals surface area contributed by atoms with Crippen molar-refractivity contribution in [3.05, 3.63) is 30.6 Å². The minimum absolute atomic E-state index is 0.0334. The van der Waals surface area contributed by atoms with Crippen molar-refractivity contribution in [1.29, 1.82) is 0 Å². The highest BCUT2D eigenvalue weighted by Gasteiger charge is 2.45. The third-order valence-corrected chi connectivity index (χ3v) is 11.0. The van der Waals surface area contributed by atoms with Gasteiger partial charge in [0.1, 0.15) is 12.3 Å². The largest absolute Gasteiger partial charge is 0.451 e. The van der Waals surface area contributed by atoms with E-state index in [1.807, 2.05) is 22.6 Å². The summed E-state index contributed by atoms with van der Waals surface area (Å²) in [5.41, 5.74) is -1.16. The molecule has 2 heterocycles. The average molecular weight is 831 g/mol. The number of rotatable bonds is 32. The lowest BCUT2D eigenvalue weighted by molar-refractivity contribution is -0.169. The number of aromatic nitrogens is 2. The standard InChI is InChI=1S/C41H71IN2O7/c1-3-5-7-9-11-13-15-17-19-21-23-25-27-29-34(45)38(39-35(46)31-36(50-39)44-32-33(42)40(48)43-41(44)49)51-37(47)30-28-26-24-22-20-18-16-14-12-10-8-6-4-2/h32,35-36,38-39,46H,3-31H2,1-2H3,(H,43,48,49)/t35-,36+,38?,39-/m0/s1. The number of esters is 1. The summed E-state index contributed by atoms with van der Waals surface area (Å²) in [6.07, 6.45) is 28.8. The number of H-pyrrole nitrogens is 1. The van der Waals surface area contributed by atoms with Gasteiger partial charge in [-0.25, -0.2) is 4.79 Å². The lowest BCUT2D eigenvalue weighted by Crippen LogP contribution is -2.43. The zero-order valence-corrected chi connectivity index (χ0v) is 34.3. The Labute approximate surface area is 322 Å². The van der Waals surface area contributed by atoms with E-state index in [0.717, 1.165) is 38.5 Å². The molecule has 2 rings (SSSR count). The number of carbonyl (C=O) groups excluding carboxylic acids is 2. The van der Waals surface area contributed by atoms with Crippen LogP contribution < -0.4 is 11.2 Å². The highest BCUT2D eigenvalue weighted by atomic mass is 127. The maximum Gasteiger partial charge on any atom is 0.330 e. The van der Waals surface area contributed by atoms with Gasteiger partial charge < -0.3 is 14.6 Å². The van der Waals surface area contributed by atoms with E-state index in [9.17, 15) is 24.3 Å². The Morgan fingerprint density at radius 1 is 0.745 bits per heavy atom. The molecule has 2 N–H and O–H groups in total. The van der Waals surface area contributed by atoms with E-state index in [-0.39, 0.29) is 25.0 Å². The topological polar surface area (TPSA) is 128 Å². The lowest BCUT2D eigenvalue weighted by atomic mass is 9.98. The average Bonchev–Trinajstić information content (AvgIpc) is 3.49. The van der Waals surface area contributed by atoms with Crippen molar-refractivity contribution < 1.29 is 24.2 Å². The summed E-state index contributed by atoms with van der Waals surface area (Å²) in [6, 6.07) is 0. The van der Waals surface area contributed by atoms with Crippen LogP contribution in [-0.4, -0.2) is 44.7 Å². The second-order valence-corrected chi connectivity index (χ2v) is 16.0. The van der Waals surface area contributed by atoms with Crippen molar-refractivity contribution in [2.75, 3.05) is 0 Å². The number of hydrogen-bond acceptors (Lipinski definition) is 7. The number of unbranched alkanes of at least 4 members (excludes halogenated alkanes) is 24. The predicted octanol–water partition coefficient (Wildman–Crippen LogP) is 10.2. The number of aliphatic hydroxyl groups excluding tert-OH is 1. The first-order valence-corrected chi connectivity index (χ1v) is 21.9. The highest BCUT2D eigenvalue weighted by Crippen LogP contribution is 2.32. The SMILES string of the molecule is CCCCCCCCCCCCCCCC(=O)OC(C(=O)CCCCCCCCCCCCCCC)[C@H]1O[C@@H](n2cc(I)c(=O)[nH]c2=O)C[C@@H]1O. The van der Waals surface area contributed by atoms with Crippen LogP contribution in [0.15, 0.2) is 15.8 Å². The van der Waals surface area contributed by atoms with Gasteiger partial charge >= 0.3 is 11.7 Å². The summed E-state index contributed by atoms with van der Waals surface area (Å²) in [7, 11) is 0. The third kappa shape index (κ3) is 19.9. The molecule has 10 heteroatoms. The monoisotopic (exact) mass is 830 g/mol. The van der Waals surface area contributed by atoms with Crippen molar-refractivity contribution in [3.63, 3.8) is 0 Å². The molecule has 1 fully saturated rings. The number of ether oxygens (including phenoxy) is 2. The van der Waals surface area contributed by atoms with Gasteiger partial charge in [0.05, 0.1) is 9.67 Å². The molecular formula is C41H71IN2O7. The lowest BCUT2D eigenvalue weighted by Gasteiger charge is -2.25. The minimum atomic E-state index is -1.24. The predicted molar refractivity (Wildman–Crippen MR) is 214 cm³/mol. The normalized spacial score (nSPS) is 17.9. The van der Waals surface area contributed by atoms with E-state index in [2.05, 4.69) is 18.8 Å². The molecule has 1 aliphatic rings. The first kappa shape index (κ1) is 45.6. The number of nitrogens with zero attached hydrogens (tertiary/aromatic N) is 1. The van der Waals surface area contributed by atoms with E-state index in [1.54, 1.807) is 0 Å². The molecule has 4 atom stereocenters. The molecule has 0 bridgehead atoms. The Morgan fingerprint density at radius 3 is 1.61 bits per heavy atom. The van der Waals surface area contributed by atoms with E-state index < -0.39 is 41.8 Å². The first-order valence-electron chi connectivity index (χ1n) is 20.8. The Kier molecular flexibility index (Phi) is 25.9. The van der Waals surface area contributed by atoms with Gasteiger partial charge in [0, 0.05) is 25.5 Å². The number of aliphatic hydroxyl groups is 1. The van der Waals surface area contributed by atoms with Crippen molar-refractivity contribution in [3.8, 4) is 0 Å². The second kappa shape index (κ2) is 28.9. The zero-order chi connectivity index (χ0) is 37.1. The fourth-order valence-electron chi connectivity index (χ4n) is 7.06. The number of halogens is 1. The molecule has 1 aliphatic heterocycles. The second-order valence-electron chi connectivity index (χ2n) is 14.9. The molecule has 9 nitrogen and oxygen atoms in total. The molecule has 0 radical (unpaired) electrons. The van der Waals surface area contributed by atoms with Crippen molar-refractivity contribution in [2.24, 2.45) is 0 Å². The van der Waals surface area contributed by atoms with Crippen molar-refractivity contribution in [1.82, 2.24) is 9.55 Å². The van der Waals surface area contributed by atoms with Gasteiger partial charge in [-0.15, -0.1) is 0 Å². The Morgan fingerprint density at radius 2 is 1.16 bits per heavy atom. The summed E-state index contributed by atoms with van der Waals surface area (Å²) >= 11 is 1.83. The smallest absolute Gasteiger partial charge is 0.330 e. The van der Waals surface area contributed by atoms with Gasteiger partial charge in [0.25, 0.3) is 5.56 Å². The molecule has 0 amide bonds. The van der Waals surface area contributed by atoms with Crippen LogP contribution in [0.4, 0.5) is 0 Å². The first-order chi connectivity index (χ1) is 24.8. The number of hydrogen-bond donors (Lipinski definition) is 2. The number of carbonyl (C=O) groups is 2. The van der Waals surface area contributed by atoms with E-state index in [1.165, 1.54) is 126 Å². The van der Waals surface area contributed by atoms with Gasteiger partial charge in [-0.05, 0) is 35.4 Å². The molecule has 0 aromatic carbocycles. The van der Waals surface area contributed by atoms with Crippen LogP contribution >= 0.6 is 22.6 Å². The van der Waals surface area contributed by atoms with E-state index in [0.29, 0.717) is 16.4 Å². The van der Waals surface area contributed by atoms with Crippen LogP contribution in [0.1, 0.15) is 206 Å². The fourth-order valence-corrected chi connectivity index (χ4v) is 7.49. The summed E-state index contributed by atoms with van der Waals surface area (Å²) in [5.74, 6) is -0.721. The van der Waals surface area contributed by atoms with Gasteiger partial charge in [0.15, 0.2) is 11.9 Å². The Bertz CT molecular complexity index is 1190. The van der Waals surface area contributed by atoms with Gasteiger partial charge in [0.2, 0.25) is 0 Å². The van der Waals surface area contributed by atoms with Crippen LogP contribution in [0, 0.1) is 3.57 Å². The van der Waals surface area contributed by atoms with Crippen LogP contribution in [0.2, 0.25) is 0 Å². The molecule has 0 spiro atoms. The molecule has 294 valence electrons. The molecule has 1 saturated heterocycles. The number of Topliss-reactive ketones (excluding diaryl/α,β-unsaturated/α-hetero) is 1. The van der Waals surface area contributed by atoms with Crippen molar-refractivity contribution >= 4 is 34.3 Å². The summed E-state index contributed by atoms with van der Waals surface area (Å²) in [6.45, 7) is 4.50. The van der Waals surface area contributed by atoms with Crippen LogP contribution in [0.3, 0.4) is 0 Å². The molecule has 1 aromatic heterocycles. The number of ketones is 1. The Hall–Kier alpha value is -1.53. The maximum absolute atomic E-state index is 13.5. The van der Waals surface area contributed by atoms with Crippen LogP contribution in [-0.2, 0) is 19.1 Å². The number of aromatic amines is 1. The molecular weight excluding hydrogens is 759 g/mol. The number of nitrogens with one attached hydrogen (secondary N) is 1. The van der Waals surface area contributed by atoms with Crippen LogP contribution in [0.25, 0.3) is 0 Å². The summed E-state index contributed by atoms with van der Waals surface area (Å²) < 4.78 is 13.3. The molecule has 1 unspecified atom stereocenters. The molecule has 1 aromatic rings. The van der Waals surface area contributed by atoms with E-state index in [4.69, 9.17) is 9.47 Å². The van der Waals surface area contributed by atoms with E-state index >= 15 is 0 Å². The van der Waals surface area contributed by atoms with Gasteiger partial charge in [-0.3, -0.25) is 23.9 Å². The van der Waals surface area contributed by atoms with Crippen LogP contribution in [0.5, 0.6) is 0 Å². The van der Waals surface area contributed by atoms with Gasteiger partial charge in [-0.2, -0.15) is 0 Å². The van der Waals surface area contributed by atoms with Gasteiger partial charge in [-0.1, -0.05) is 168 Å². The summed E-state index contributed by atoms with van der Waals surface area (Å²) in [4.78, 5) is 53.2. The minimum Gasteiger partial charge on any atom is -0.451 e.